The topological polar surface area (TPSA) is 90.3 Å². The fourth-order valence-electron chi connectivity index (χ4n) is 2.36. The summed E-state index contributed by atoms with van der Waals surface area (Å²) in [5.74, 6) is -0.373. The predicted octanol–water partition coefficient (Wildman–Crippen LogP) is 1.39. The van der Waals surface area contributed by atoms with Crippen LogP contribution in [0, 0.1) is 5.92 Å². The molecule has 0 saturated carbocycles. The number of nitrogens with zero attached hydrogens (tertiary/aromatic N) is 2. The highest BCUT2D eigenvalue weighted by Crippen LogP contribution is 2.25. The van der Waals surface area contributed by atoms with Gasteiger partial charge in [-0.3, -0.25) is 14.2 Å². The SMILES string of the molecule is COC(=O)c1ccc(NC(=O)C2CSc3nccc(=O)n3C2)cc1. The van der Waals surface area contributed by atoms with Gasteiger partial charge in [-0.05, 0) is 24.3 Å². The van der Waals surface area contributed by atoms with Crippen LogP contribution in [-0.2, 0) is 16.1 Å². The van der Waals surface area contributed by atoms with E-state index in [0.29, 0.717) is 28.7 Å². The summed E-state index contributed by atoms with van der Waals surface area (Å²) in [6.45, 7) is 0.307. The number of carbonyl (C=O) groups is 2. The molecular weight excluding hydrogens is 330 g/mol. The molecule has 2 heterocycles. The molecule has 24 heavy (non-hydrogen) atoms. The van der Waals surface area contributed by atoms with Gasteiger partial charge < -0.3 is 10.1 Å². The normalized spacial score (nSPS) is 16.1. The highest BCUT2D eigenvalue weighted by Gasteiger charge is 2.26. The quantitative estimate of drug-likeness (QED) is 0.668. The molecule has 1 aromatic heterocycles. The fourth-order valence-corrected chi connectivity index (χ4v) is 3.42. The van der Waals surface area contributed by atoms with E-state index in [0.717, 1.165) is 0 Å². The minimum atomic E-state index is -0.431. The number of esters is 1. The Morgan fingerprint density at radius 1 is 1.29 bits per heavy atom. The van der Waals surface area contributed by atoms with Gasteiger partial charge in [0.1, 0.15) is 0 Å². The van der Waals surface area contributed by atoms with Crippen LogP contribution in [0.5, 0.6) is 0 Å². The summed E-state index contributed by atoms with van der Waals surface area (Å²) in [7, 11) is 1.31. The second-order valence-electron chi connectivity index (χ2n) is 5.24. The zero-order chi connectivity index (χ0) is 17.1. The number of anilines is 1. The van der Waals surface area contributed by atoms with Crippen LogP contribution >= 0.6 is 11.8 Å². The number of benzene rings is 1. The molecule has 0 spiro atoms. The molecule has 124 valence electrons. The van der Waals surface area contributed by atoms with Crippen molar-refractivity contribution in [2.75, 3.05) is 18.2 Å². The summed E-state index contributed by atoms with van der Waals surface area (Å²) in [5.41, 5.74) is 0.838. The predicted molar refractivity (Wildman–Crippen MR) is 89.1 cm³/mol. The van der Waals surface area contributed by atoms with Crippen molar-refractivity contribution < 1.29 is 14.3 Å². The minimum absolute atomic E-state index is 0.160. The molecule has 1 aliphatic heterocycles. The maximum atomic E-state index is 12.4. The highest BCUT2D eigenvalue weighted by molar-refractivity contribution is 7.99. The van der Waals surface area contributed by atoms with Crippen LogP contribution in [0.2, 0.25) is 0 Å². The lowest BCUT2D eigenvalue weighted by atomic mass is 10.1. The van der Waals surface area contributed by atoms with Crippen molar-refractivity contribution in [3.8, 4) is 0 Å². The lowest BCUT2D eigenvalue weighted by Gasteiger charge is -2.23. The number of thioether (sulfide) groups is 1. The number of aromatic nitrogens is 2. The van der Waals surface area contributed by atoms with E-state index in [1.165, 1.54) is 35.7 Å². The van der Waals surface area contributed by atoms with Gasteiger partial charge in [0.2, 0.25) is 5.91 Å². The van der Waals surface area contributed by atoms with Crippen LogP contribution in [-0.4, -0.2) is 34.3 Å². The molecule has 8 heteroatoms. The third kappa shape index (κ3) is 3.33. The van der Waals surface area contributed by atoms with Crippen molar-refractivity contribution in [1.29, 1.82) is 0 Å². The second-order valence-corrected chi connectivity index (χ2v) is 6.23. The molecular formula is C16H15N3O4S. The summed E-state index contributed by atoms with van der Waals surface area (Å²) in [4.78, 5) is 39.8. The van der Waals surface area contributed by atoms with E-state index in [4.69, 9.17) is 0 Å². The first-order chi connectivity index (χ1) is 11.6. The average Bonchev–Trinajstić information content (AvgIpc) is 2.61. The van der Waals surface area contributed by atoms with E-state index >= 15 is 0 Å². The Labute approximate surface area is 142 Å². The Kier molecular flexibility index (Phi) is 4.66. The number of carbonyl (C=O) groups excluding carboxylic acids is 2. The van der Waals surface area contributed by atoms with Crippen LogP contribution < -0.4 is 10.9 Å². The molecule has 0 aliphatic carbocycles. The van der Waals surface area contributed by atoms with Crippen molar-refractivity contribution in [3.05, 3.63) is 52.4 Å². The Bertz CT molecular complexity index is 832. The van der Waals surface area contributed by atoms with Crippen molar-refractivity contribution in [2.24, 2.45) is 5.92 Å². The largest absolute Gasteiger partial charge is 0.465 e. The van der Waals surface area contributed by atoms with E-state index in [2.05, 4.69) is 15.0 Å². The third-order valence-electron chi connectivity index (χ3n) is 3.66. The summed E-state index contributed by atoms with van der Waals surface area (Å²) in [6.07, 6.45) is 1.48. The molecule has 1 aromatic carbocycles. The number of ether oxygens (including phenoxy) is 1. The summed E-state index contributed by atoms with van der Waals surface area (Å²) < 4.78 is 6.14. The van der Waals surface area contributed by atoms with E-state index in [9.17, 15) is 14.4 Å². The van der Waals surface area contributed by atoms with Crippen LogP contribution in [0.15, 0.2) is 46.5 Å². The van der Waals surface area contributed by atoms with Gasteiger partial charge in [0.05, 0.1) is 18.6 Å². The molecule has 0 fully saturated rings. The summed E-state index contributed by atoms with van der Waals surface area (Å²) in [5, 5.41) is 3.44. The Hall–Kier alpha value is -2.61. The minimum Gasteiger partial charge on any atom is -0.465 e. The lowest BCUT2D eigenvalue weighted by molar-refractivity contribution is -0.119. The van der Waals surface area contributed by atoms with Gasteiger partial charge >= 0.3 is 5.97 Å². The van der Waals surface area contributed by atoms with Crippen LogP contribution in [0.25, 0.3) is 0 Å². The number of methoxy groups -OCH3 is 1. The first-order valence-electron chi connectivity index (χ1n) is 7.26. The first-order valence-corrected chi connectivity index (χ1v) is 8.25. The molecule has 0 bridgehead atoms. The van der Waals surface area contributed by atoms with Gasteiger partial charge in [-0.1, -0.05) is 11.8 Å². The van der Waals surface area contributed by atoms with E-state index in [-0.39, 0.29) is 17.4 Å². The number of rotatable bonds is 3. The van der Waals surface area contributed by atoms with Gasteiger partial charge in [0, 0.05) is 30.2 Å². The lowest BCUT2D eigenvalue weighted by Crippen LogP contribution is -2.36. The molecule has 2 aromatic rings. The average molecular weight is 345 g/mol. The van der Waals surface area contributed by atoms with Crippen LogP contribution in [0.4, 0.5) is 5.69 Å². The molecule has 0 radical (unpaired) electrons. The molecule has 1 atom stereocenters. The molecule has 1 aliphatic rings. The Morgan fingerprint density at radius 3 is 2.75 bits per heavy atom. The second kappa shape index (κ2) is 6.88. The molecule has 1 N–H and O–H groups in total. The maximum Gasteiger partial charge on any atom is 0.337 e. The van der Waals surface area contributed by atoms with Gasteiger partial charge in [-0.2, -0.15) is 0 Å². The van der Waals surface area contributed by atoms with Crippen molar-refractivity contribution in [2.45, 2.75) is 11.7 Å². The Balaban J connectivity index is 1.69. The van der Waals surface area contributed by atoms with Crippen molar-refractivity contribution in [3.63, 3.8) is 0 Å². The number of amides is 1. The molecule has 0 saturated heterocycles. The van der Waals surface area contributed by atoms with Gasteiger partial charge in [0.25, 0.3) is 5.56 Å². The van der Waals surface area contributed by atoms with Gasteiger partial charge in [-0.25, -0.2) is 9.78 Å². The van der Waals surface area contributed by atoms with Crippen LogP contribution in [0.1, 0.15) is 10.4 Å². The fraction of sp³-hybridized carbons (Fsp3) is 0.250. The molecule has 7 nitrogen and oxygen atoms in total. The van der Waals surface area contributed by atoms with Gasteiger partial charge in [-0.15, -0.1) is 0 Å². The molecule has 1 amide bonds. The summed E-state index contributed by atoms with van der Waals surface area (Å²) in [6, 6.07) is 7.83. The third-order valence-corrected chi connectivity index (χ3v) is 4.81. The number of hydrogen-bond acceptors (Lipinski definition) is 6. The van der Waals surface area contributed by atoms with Crippen LogP contribution in [0.3, 0.4) is 0 Å². The van der Waals surface area contributed by atoms with Crippen molar-refractivity contribution >= 4 is 29.3 Å². The zero-order valence-corrected chi connectivity index (χ0v) is 13.7. The molecule has 1 unspecified atom stereocenters. The Morgan fingerprint density at radius 2 is 2.04 bits per heavy atom. The van der Waals surface area contributed by atoms with Gasteiger partial charge in [0.15, 0.2) is 5.16 Å². The smallest absolute Gasteiger partial charge is 0.337 e. The molecule has 3 rings (SSSR count). The van der Waals surface area contributed by atoms with E-state index in [1.54, 1.807) is 24.3 Å². The van der Waals surface area contributed by atoms with E-state index in [1.807, 2.05) is 0 Å². The number of hydrogen-bond donors (Lipinski definition) is 1. The zero-order valence-electron chi connectivity index (χ0n) is 12.9. The first kappa shape index (κ1) is 16.3. The number of nitrogens with one attached hydrogen (secondary N) is 1. The monoisotopic (exact) mass is 345 g/mol. The van der Waals surface area contributed by atoms with E-state index < -0.39 is 5.97 Å². The maximum absolute atomic E-state index is 12.4. The standard InChI is InChI=1S/C16H15N3O4S/c1-23-15(22)10-2-4-12(5-3-10)18-14(21)11-8-19-13(20)6-7-17-16(19)24-9-11/h2-7,11H,8-9H2,1H3,(H,18,21). The highest BCUT2D eigenvalue weighted by atomic mass is 32.2. The number of fused-ring (bicyclic) bond motifs is 1. The summed E-state index contributed by atoms with van der Waals surface area (Å²) >= 11 is 1.39. The van der Waals surface area contributed by atoms with Crippen molar-refractivity contribution in [1.82, 2.24) is 9.55 Å².